The van der Waals surface area contributed by atoms with Crippen LogP contribution in [0.3, 0.4) is 0 Å². The zero-order valence-electron chi connectivity index (χ0n) is 14.6. The van der Waals surface area contributed by atoms with Gasteiger partial charge >= 0.3 is 0 Å². The third kappa shape index (κ3) is 3.79. The summed E-state index contributed by atoms with van der Waals surface area (Å²) in [6.45, 7) is 4.35. The summed E-state index contributed by atoms with van der Waals surface area (Å²) in [6, 6.07) is 5.24. The number of rotatable bonds is 6. The van der Waals surface area contributed by atoms with Gasteiger partial charge in [0.25, 0.3) is 0 Å². The van der Waals surface area contributed by atoms with Crippen molar-refractivity contribution in [2.75, 3.05) is 32.2 Å². The highest BCUT2D eigenvalue weighted by atomic mass is 16.5. The van der Waals surface area contributed by atoms with E-state index >= 15 is 0 Å². The smallest absolute Gasteiger partial charge is 0.227 e. The van der Waals surface area contributed by atoms with Crippen LogP contribution in [-0.4, -0.2) is 44.7 Å². The molecular formula is C17H25N3O4. The molecule has 1 saturated heterocycles. The van der Waals surface area contributed by atoms with Crippen LogP contribution in [0.2, 0.25) is 0 Å². The van der Waals surface area contributed by atoms with Crippen molar-refractivity contribution in [2.45, 2.75) is 25.8 Å². The standard InChI is InChI=1S/C17H25N3O4/c1-17(2,10-18)19-16(22)11-7-15(21)20(9-11)13-6-5-12(23-3)8-14(13)24-4/h5-6,8,11H,7,9-10,18H2,1-4H3,(H,19,22). The molecule has 1 aromatic rings. The molecule has 7 heteroatoms. The van der Waals surface area contributed by atoms with Crippen LogP contribution in [0.25, 0.3) is 0 Å². The van der Waals surface area contributed by atoms with Gasteiger partial charge in [-0.25, -0.2) is 0 Å². The van der Waals surface area contributed by atoms with Crippen molar-refractivity contribution < 1.29 is 19.1 Å². The molecule has 0 aliphatic carbocycles. The molecule has 0 saturated carbocycles. The van der Waals surface area contributed by atoms with Crippen LogP contribution in [0.5, 0.6) is 11.5 Å². The first-order valence-electron chi connectivity index (χ1n) is 7.85. The highest BCUT2D eigenvalue weighted by molar-refractivity contribution is 6.01. The minimum absolute atomic E-state index is 0.107. The molecule has 7 nitrogen and oxygen atoms in total. The van der Waals surface area contributed by atoms with Crippen LogP contribution in [0.4, 0.5) is 5.69 Å². The highest BCUT2D eigenvalue weighted by Gasteiger charge is 2.37. The second kappa shape index (κ2) is 7.09. The number of hydrogen-bond acceptors (Lipinski definition) is 5. The molecule has 1 fully saturated rings. The Kier molecular flexibility index (Phi) is 5.33. The first kappa shape index (κ1) is 18.1. The van der Waals surface area contributed by atoms with Crippen LogP contribution in [0, 0.1) is 5.92 Å². The van der Waals surface area contributed by atoms with Crippen LogP contribution >= 0.6 is 0 Å². The Morgan fingerprint density at radius 2 is 2.08 bits per heavy atom. The maximum atomic E-state index is 12.4. The molecule has 24 heavy (non-hydrogen) atoms. The topological polar surface area (TPSA) is 93.9 Å². The first-order valence-corrected chi connectivity index (χ1v) is 7.85. The minimum atomic E-state index is -0.495. The number of benzene rings is 1. The molecule has 0 radical (unpaired) electrons. The van der Waals surface area contributed by atoms with E-state index in [1.54, 1.807) is 30.2 Å². The fourth-order valence-electron chi connectivity index (χ4n) is 2.61. The van der Waals surface area contributed by atoms with E-state index in [1.165, 1.54) is 7.11 Å². The summed E-state index contributed by atoms with van der Waals surface area (Å²) >= 11 is 0. The van der Waals surface area contributed by atoms with Crippen molar-refractivity contribution in [2.24, 2.45) is 11.7 Å². The van der Waals surface area contributed by atoms with Gasteiger partial charge in [0.15, 0.2) is 0 Å². The molecule has 1 heterocycles. The number of nitrogens with two attached hydrogens (primary N) is 1. The number of ether oxygens (including phenoxy) is 2. The van der Waals surface area contributed by atoms with E-state index in [0.29, 0.717) is 30.3 Å². The summed E-state index contributed by atoms with van der Waals surface area (Å²) < 4.78 is 10.5. The van der Waals surface area contributed by atoms with Gasteiger partial charge in [-0.05, 0) is 26.0 Å². The molecule has 132 valence electrons. The molecule has 2 amide bonds. The molecule has 0 bridgehead atoms. The van der Waals surface area contributed by atoms with E-state index in [4.69, 9.17) is 15.2 Å². The maximum Gasteiger partial charge on any atom is 0.227 e. The fraction of sp³-hybridized carbons (Fsp3) is 0.529. The van der Waals surface area contributed by atoms with Gasteiger partial charge in [0.05, 0.1) is 25.8 Å². The number of nitrogens with one attached hydrogen (secondary N) is 1. The van der Waals surface area contributed by atoms with E-state index in [1.807, 2.05) is 13.8 Å². The molecule has 1 aliphatic heterocycles. The predicted octanol–water partition coefficient (Wildman–Crippen LogP) is 0.910. The molecule has 0 aromatic heterocycles. The molecule has 2 rings (SSSR count). The zero-order valence-corrected chi connectivity index (χ0v) is 14.6. The van der Waals surface area contributed by atoms with Crippen molar-refractivity contribution in [1.82, 2.24) is 5.32 Å². The number of carbonyl (C=O) groups is 2. The van der Waals surface area contributed by atoms with Crippen molar-refractivity contribution in [3.8, 4) is 11.5 Å². The van der Waals surface area contributed by atoms with Gasteiger partial charge in [-0.3, -0.25) is 9.59 Å². The Morgan fingerprint density at radius 1 is 1.38 bits per heavy atom. The largest absolute Gasteiger partial charge is 0.497 e. The summed E-state index contributed by atoms with van der Waals surface area (Å²) in [6.07, 6.45) is 0.168. The Labute approximate surface area is 142 Å². The van der Waals surface area contributed by atoms with Crippen LogP contribution in [0.1, 0.15) is 20.3 Å². The van der Waals surface area contributed by atoms with E-state index in [-0.39, 0.29) is 18.2 Å². The fourth-order valence-corrected chi connectivity index (χ4v) is 2.61. The van der Waals surface area contributed by atoms with Gasteiger partial charge in [-0.15, -0.1) is 0 Å². The number of carbonyl (C=O) groups excluding carboxylic acids is 2. The summed E-state index contributed by atoms with van der Waals surface area (Å²) in [5.41, 5.74) is 5.78. The van der Waals surface area contributed by atoms with Crippen molar-refractivity contribution in [1.29, 1.82) is 0 Å². The molecule has 1 aliphatic rings. The van der Waals surface area contributed by atoms with E-state index < -0.39 is 11.5 Å². The van der Waals surface area contributed by atoms with Gasteiger partial charge in [0, 0.05) is 31.1 Å². The second-order valence-electron chi connectivity index (χ2n) is 6.52. The Balaban J connectivity index is 2.17. The number of methoxy groups -OCH3 is 2. The molecule has 1 unspecified atom stereocenters. The lowest BCUT2D eigenvalue weighted by Gasteiger charge is -2.26. The Morgan fingerprint density at radius 3 is 2.67 bits per heavy atom. The predicted molar refractivity (Wildman–Crippen MR) is 91.3 cm³/mol. The average Bonchev–Trinajstić information content (AvgIpc) is 2.95. The lowest BCUT2D eigenvalue weighted by molar-refractivity contribution is -0.127. The summed E-state index contributed by atoms with van der Waals surface area (Å²) in [5, 5.41) is 2.89. The van der Waals surface area contributed by atoms with E-state index in [9.17, 15) is 9.59 Å². The summed E-state index contributed by atoms with van der Waals surface area (Å²) in [7, 11) is 3.10. The van der Waals surface area contributed by atoms with Gasteiger partial charge < -0.3 is 25.4 Å². The number of amides is 2. The third-order valence-electron chi connectivity index (χ3n) is 4.15. The highest BCUT2D eigenvalue weighted by Crippen LogP contribution is 2.35. The van der Waals surface area contributed by atoms with E-state index in [0.717, 1.165) is 0 Å². The molecule has 0 spiro atoms. The molecule has 1 aromatic carbocycles. The molecule has 3 N–H and O–H groups in total. The second-order valence-corrected chi connectivity index (χ2v) is 6.52. The van der Waals surface area contributed by atoms with E-state index in [2.05, 4.69) is 5.32 Å². The first-order chi connectivity index (χ1) is 11.3. The number of nitrogens with zero attached hydrogens (tertiary/aromatic N) is 1. The Bertz CT molecular complexity index is 630. The van der Waals surface area contributed by atoms with Crippen molar-refractivity contribution >= 4 is 17.5 Å². The van der Waals surface area contributed by atoms with Gasteiger partial charge in [-0.1, -0.05) is 0 Å². The van der Waals surface area contributed by atoms with Crippen molar-refractivity contribution in [3.05, 3.63) is 18.2 Å². The summed E-state index contributed by atoms with van der Waals surface area (Å²) in [4.78, 5) is 26.4. The Hall–Kier alpha value is -2.28. The zero-order chi connectivity index (χ0) is 17.9. The molecular weight excluding hydrogens is 310 g/mol. The normalized spacial score (nSPS) is 17.8. The lowest BCUT2D eigenvalue weighted by Crippen LogP contribution is -2.51. The lowest BCUT2D eigenvalue weighted by atomic mass is 10.0. The monoisotopic (exact) mass is 335 g/mol. The number of hydrogen-bond donors (Lipinski definition) is 2. The third-order valence-corrected chi connectivity index (χ3v) is 4.15. The van der Waals surface area contributed by atoms with Crippen LogP contribution in [0.15, 0.2) is 18.2 Å². The minimum Gasteiger partial charge on any atom is -0.497 e. The number of anilines is 1. The van der Waals surface area contributed by atoms with Crippen LogP contribution in [-0.2, 0) is 9.59 Å². The average molecular weight is 335 g/mol. The van der Waals surface area contributed by atoms with Gasteiger partial charge in [0.2, 0.25) is 11.8 Å². The summed E-state index contributed by atoms with van der Waals surface area (Å²) in [5.74, 6) is 0.500. The quantitative estimate of drug-likeness (QED) is 0.806. The maximum absolute atomic E-state index is 12.4. The molecule has 1 atom stereocenters. The van der Waals surface area contributed by atoms with Gasteiger partial charge in [0.1, 0.15) is 11.5 Å². The van der Waals surface area contributed by atoms with Crippen LogP contribution < -0.4 is 25.4 Å². The van der Waals surface area contributed by atoms with Crippen molar-refractivity contribution in [3.63, 3.8) is 0 Å². The van der Waals surface area contributed by atoms with Gasteiger partial charge in [-0.2, -0.15) is 0 Å². The SMILES string of the molecule is COc1ccc(N2CC(C(=O)NC(C)(C)CN)CC2=O)c(OC)c1.